The highest BCUT2D eigenvalue weighted by Gasteiger charge is 2.37. The van der Waals surface area contributed by atoms with Crippen LogP contribution >= 0.6 is 23.2 Å². The number of hydrogen-bond donors (Lipinski definition) is 0. The summed E-state index contributed by atoms with van der Waals surface area (Å²) in [6, 6.07) is 25.6. The third-order valence-corrected chi connectivity index (χ3v) is 10.7. The number of benzene rings is 4. The average molecular weight is 503 g/mol. The zero-order valence-corrected chi connectivity index (χ0v) is 22.0. The van der Waals surface area contributed by atoms with Crippen LogP contribution in [0, 0.1) is 0 Å². The zero-order chi connectivity index (χ0) is 23.8. The van der Waals surface area contributed by atoms with Crippen LogP contribution in [0.25, 0.3) is 33.0 Å². The van der Waals surface area contributed by atoms with Gasteiger partial charge in [-0.2, -0.15) is 0 Å². The van der Waals surface area contributed by atoms with Crippen LogP contribution in [-0.4, -0.2) is 15.4 Å². The highest BCUT2D eigenvalue weighted by Crippen LogP contribution is 2.54. The molecular weight excluding hydrogens is 475 g/mol. The van der Waals surface area contributed by atoms with Gasteiger partial charge in [0.1, 0.15) is 12.4 Å². The molecule has 0 saturated carbocycles. The molecule has 1 unspecified atom stereocenters. The molecule has 1 aliphatic rings. The van der Waals surface area contributed by atoms with Gasteiger partial charge in [0, 0.05) is 32.1 Å². The van der Waals surface area contributed by atoms with Crippen LogP contribution in [0.1, 0.15) is 30.5 Å². The van der Waals surface area contributed by atoms with Gasteiger partial charge in [-0.25, -0.2) is 0 Å². The number of halogens is 2. The molecule has 4 aromatic carbocycles. The van der Waals surface area contributed by atoms with Gasteiger partial charge < -0.3 is 4.74 Å². The van der Waals surface area contributed by atoms with Gasteiger partial charge in [0.05, 0.1) is 8.80 Å². The summed E-state index contributed by atoms with van der Waals surface area (Å²) in [5, 5.41) is 3.78. The van der Waals surface area contributed by atoms with Gasteiger partial charge in [0.25, 0.3) is 0 Å². The fourth-order valence-corrected chi connectivity index (χ4v) is 8.54. The molecule has 0 amide bonds. The molecule has 0 saturated heterocycles. The van der Waals surface area contributed by atoms with Gasteiger partial charge >= 0.3 is 0 Å². The molecule has 0 aliphatic heterocycles. The second kappa shape index (κ2) is 9.62. The Morgan fingerprint density at radius 1 is 0.912 bits per heavy atom. The van der Waals surface area contributed by atoms with Crippen molar-refractivity contribution in [1.29, 1.82) is 0 Å². The topological polar surface area (TPSA) is 9.23 Å². The molecule has 0 aromatic heterocycles. The zero-order valence-electron chi connectivity index (χ0n) is 19.5. The van der Waals surface area contributed by atoms with Crippen molar-refractivity contribution in [2.45, 2.75) is 31.5 Å². The van der Waals surface area contributed by atoms with E-state index in [0.29, 0.717) is 12.1 Å². The molecule has 171 valence electrons. The third-order valence-electron chi connectivity index (χ3n) is 6.91. The lowest BCUT2D eigenvalue weighted by Crippen LogP contribution is -2.22. The predicted molar refractivity (Wildman–Crippen MR) is 149 cm³/mol. The maximum atomic E-state index is 7.04. The van der Waals surface area contributed by atoms with E-state index in [1.807, 2.05) is 12.1 Å². The van der Waals surface area contributed by atoms with E-state index in [4.69, 9.17) is 27.9 Å². The second-order valence-corrected chi connectivity index (χ2v) is 12.8. The van der Waals surface area contributed by atoms with Gasteiger partial charge in [-0.05, 0) is 51.9 Å². The summed E-state index contributed by atoms with van der Waals surface area (Å²) in [4.78, 5) is 0. The van der Waals surface area contributed by atoms with E-state index in [-0.39, 0.29) is 0 Å². The molecule has 0 fully saturated rings. The SMILES string of the molecule is C=CCOc1c(-c2c(Cl)ccc3c2C([Si](CC)CC)c2cc(Cl)ccc2-3)ccc2ccccc12. The first-order valence-corrected chi connectivity index (χ1v) is 14.6. The van der Waals surface area contributed by atoms with Crippen molar-refractivity contribution in [2.24, 2.45) is 0 Å². The van der Waals surface area contributed by atoms with Crippen LogP contribution in [-0.2, 0) is 0 Å². The quantitative estimate of drug-likeness (QED) is 0.181. The summed E-state index contributed by atoms with van der Waals surface area (Å²) in [5.74, 6) is 0.864. The smallest absolute Gasteiger partial charge is 0.135 e. The molecule has 5 rings (SSSR count). The molecular formula is C30H27Cl2OSi. The molecule has 0 spiro atoms. The minimum absolute atomic E-state index is 0.330. The Kier molecular flexibility index (Phi) is 6.57. The van der Waals surface area contributed by atoms with Gasteiger partial charge in [0.2, 0.25) is 0 Å². The summed E-state index contributed by atoms with van der Waals surface area (Å²) in [7, 11) is -0.732. The molecule has 0 heterocycles. The predicted octanol–water partition coefficient (Wildman–Crippen LogP) is 9.56. The van der Waals surface area contributed by atoms with E-state index in [9.17, 15) is 0 Å². The molecule has 34 heavy (non-hydrogen) atoms. The average Bonchev–Trinajstić information content (AvgIpc) is 3.17. The lowest BCUT2D eigenvalue weighted by Gasteiger charge is -2.25. The van der Waals surface area contributed by atoms with E-state index in [0.717, 1.165) is 37.7 Å². The van der Waals surface area contributed by atoms with Crippen molar-refractivity contribution in [3.05, 3.63) is 101 Å². The van der Waals surface area contributed by atoms with E-state index < -0.39 is 8.80 Å². The highest BCUT2D eigenvalue weighted by molar-refractivity contribution is 6.62. The minimum atomic E-state index is -0.732. The number of fused-ring (bicyclic) bond motifs is 4. The van der Waals surface area contributed by atoms with Crippen LogP contribution in [0.3, 0.4) is 0 Å². The molecule has 0 bridgehead atoms. The van der Waals surface area contributed by atoms with Crippen molar-refractivity contribution in [2.75, 3.05) is 6.61 Å². The van der Waals surface area contributed by atoms with E-state index in [1.165, 1.54) is 34.3 Å². The molecule has 4 heteroatoms. The van der Waals surface area contributed by atoms with Gasteiger partial charge in [-0.3, -0.25) is 0 Å². The summed E-state index contributed by atoms with van der Waals surface area (Å²) >= 11 is 13.6. The van der Waals surface area contributed by atoms with Crippen LogP contribution in [0.4, 0.5) is 0 Å². The lowest BCUT2D eigenvalue weighted by atomic mass is 9.92. The maximum Gasteiger partial charge on any atom is 0.135 e. The molecule has 1 nitrogen and oxygen atoms in total. The Hall–Kier alpha value is -2.52. The summed E-state index contributed by atoms with van der Waals surface area (Å²) in [6.45, 7) is 8.94. The monoisotopic (exact) mass is 501 g/mol. The van der Waals surface area contributed by atoms with Gasteiger partial charge in [-0.15, -0.1) is 0 Å². The third kappa shape index (κ3) is 3.78. The molecule has 1 radical (unpaired) electrons. The lowest BCUT2D eigenvalue weighted by molar-refractivity contribution is 0.369. The van der Waals surface area contributed by atoms with Crippen LogP contribution in [0.15, 0.2) is 79.4 Å². The molecule has 4 aromatic rings. The first kappa shape index (κ1) is 23.2. The standard InChI is InChI=1S/C30H27Cl2OSi/c1-4-17-33-29-21-10-8-7-9-19(21)11-13-24(29)27-26(32)16-15-23-22-14-12-20(31)18-25(22)30(28(23)27)34(5-2)6-3/h4,7-16,18,30H,1,5-6,17H2,2-3H3. The van der Waals surface area contributed by atoms with Crippen molar-refractivity contribution >= 4 is 42.8 Å². The Balaban J connectivity index is 1.84. The van der Waals surface area contributed by atoms with E-state index in [1.54, 1.807) is 6.08 Å². The number of ether oxygens (including phenoxy) is 1. The highest BCUT2D eigenvalue weighted by atomic mass is 35.5. The van der Waals surface area contributed by atoms with Crippen molar-refractivity contribution in [3.8, 4) is 28.0 Å². The van der Waals surface area contributed by atoms with Gasteiger partial charge in [0.15, 0.2) is 0 Å². The van der Waals surface area contributed by atoms with Crippen LogP contribution < -0.4 is 4.74 Å². The first-order chi connectivity index (χ1) is 16.6. The summed E-state index contributed by atoms with van der Waals surface area (Å²) < 4.78 is 6.32. The largest absolute Gasteiger partial charge is 0.488 e. The minimum Gasteiger partial charge on any atom is -0.488 e. The molecule has 0 N–H and O–H groups in total. The fraction of sp³-hybridized carbons (Fsp3) is 0.200. The van der Waals surface area contributed by atoms with Crippen molar-refractivity contribution < 1.29 is 4.74 Å². The Labute approximate surface area is 213 Å². The Morgan fingerprint density at radius 3 is 2.41 bits per heavy atom. The van der Waals surface area contributed by atoms with Crippen LogP contribution in [0.2, 0.25) is 22.1 Å². The van der Waals surface area contributed by atoms with Crippen molar-refractivity contribution in [3.63, 3.8) is 0 Å². The molecule has 1 aliphatic carbocycles. The van der Waals surface area contributed by atoms with Gasteiger partial charge in [-0.1, -0.05) is 104 Å². The normalized spacial score (nSPS) is 14.3. The van der Waals surface area contributed by atoms with E-state index in [2.05, 4.69) is 75.0 Å². The van der Waals surface area contributed by atoms with E-state index >= 15 is 0 Å². The van der Waals surface area contributed by atoms with Crippen LogP contribution in [0.5, 0.6) is 5.75 Å². The maximum absolute atomic E-state index is 7.04. The number of rotatable bonds is 7. The van der Waals surface area contributed by atoms with Crippen molar-refractivity contribution in [1.82, 2.24) is 0 Å². The number of hydrogen-bond acceptors (Lipinski definition) is 1. The molecule has 1 atom stereocenters. The second-order valence-electron chi connectivity index (χ2n) is 8.68. The Bertz CT molecular complexity index is 1390. The fourth-order valence-electron chi connectivity index (χ4n) is 5.39. The summed E-state index contributed by atoms with van der Waals surface area (Å²) in [6.07, 6.45) is 1.79. The summed E-state index contributed by atoms with van der Waals surface area (Å²) in [5.41, 5.74) is 7.69. The first-order valence-electron chi connectivity index (χ1n) is 11.8. The Morgan fingerprint density at radius 2 is 1.65 bits per heavy atom.